The number of fused-ring (bicyclic) bond motifs is 1. The lowest BCUT2D eigenvalue weighted by atomic mass is 10.0. The summed E-state index contributed by atoms with van der Waals surface area (Å²) in [6.45, 7) is 0.680. The number of hydrogen-bond donors (Lipinski definition) is 1. The summed E-state index contributed by atoms with van der Waals surface area (Å²) in [6.07, 6.45) is 0.867. The highest BCUT2D eigenvalue weighted by Crippen LogP contribution is 2.38. The van der Waals surface area contributed by atoms with Crippen molar-refractivity contribution >= 4 is 15.9 Å². The van der Waals surface area contributed by atoms with Crippen molar-refractivity contribution in [2.24, 2.45) is 5.73 Å². The smallest absolute Gasteiger partial charge is 0.136 e. The predicted octanol–water partition coefficient (Wildman–Crippen LogP) is 2.24. The highest BCUT2D eigenvalue weighted by molar-refractivity contribution is 9.10. The third-order valence-corrected chi connectivity index (χ3v) is 2.99. The van der Waals surface area contributed by atoms with E-state index in [4.69, 9.17) is 15.2 Å². The van der Waals surface area contributed by atoms with E-state index >= 15 is 0 Å². The fourth-order valence-electron chi connectivity index (χ4n) is 1.57. The molecule has 1 atom stereocenters. The maximum absolute atomic E-state index is 5.97. The topological polar surface area (TPSA) is 44.5 Å². The van der Waals surface area contributed by atoms with Gasteiger partial charge in [0, 0.05) is 24.1 Å². The lowest BCUT2D eigenvalue weighted by molar-refractivity contribution is 0.267. The van der Waals surface area contributed by atoms with Crippen molar-refractivity contribution in [3.63, 3.8) is 0 Å². The van der Waals surface area contributed by atoms with E-state index in [1.807, 2.05) is 12.1 Å². The van der Waals surface area contributed by atoms with Crippen molar-refractivity contribution in [3.8, 4) is 11.5 Å². The summed E-state index contributed by atoms with van der Waals surface area (Å²) in [5.74, 6) is 1.61. The van der Waals surface area contributed by atoms with Crippen LogP contribution < -0.4 is 15.2 Å². The Bertz CT molecular complexity index is 354. The molecule has 1 aliphatic rings. The van der Waals surface area contributed by atoms with Gasteiger partial charge in [-0.05, 0) is 22.0 Å². The molecule has 0 radical (unpaired) electrons. The van der Waals surface area contributed by atoms with Crippen molar-refractivity contribution in [1.29, 1.82) is 0 Å². The average molecular weight is 258 g/mol. The maximum Gasteiger partial charge on any atom is 0.136 e. The molecule has 76 valence electrons. The fraction of sp³-hybridized carbons (Fsp3) is 0.400. The Labute approximate surface area is 91.3 Å². The summed E-state index contributed by atoms with van der Waals surface area (Å²) in [5.41, 5.74) is 7.01. The maximum atomic E-state index is 5.97. The van der Waals surface area contributed by atoms with Gasteiger partial charge in [0.1, 0.15) is 11.5 Å². The van der Waals surface area contributed by atoms with Gasteiger partial charge >= 0.3 is 0 Å². The van der Waals surface area contributed by atoms with Crippen LogP contribution in [0.25, 0.3) is 0 Å². The zero-order valence-electron chi connectivity index (χ0n) is 7.92. The normalized spacial score (nSPS) is 19.8. The molecule has 14 heavy (non-hydrogen) atoms. The van der Waals surface area contributed by atoms with Crippen LogP contribution >= 0.6 is 15.9 Å². The first-order chi connectivity index (χ1) is 6.72. The molecule has 0 saturated carbocycles. The fourth-order valence-corrected chi connectivity index (χ4v) is 2.10. The van der Waals surface area contributed by atoms with E-state index < -0.39 is 0 Å². The molecule has 0 fully saturated rings. The van der Waals surface area contributed by atoms with Gasteiger partial charge in [-0.1, -0.05) is 0 Å². The van der Waals surface area contributed by atoms with Crippen LogP contribution in [-0.2, 0) is 0 Å². The van der Waals surface area contributed by atoms with E-state index in [9.17, 15) is 0 Å². The molecule has 2 rings (SSSR count). The first-order valence-electron chi connectivity index (χ1n) is 4.48. The number of ether oxygens (including phenoxy) is 2. The van der Waals surface area contributed by atoms with Crippen LogP contribution in [0.3, 0.4) is 0 Å². The summed E-state index contributed by atoms with van der Waals surface area (Å²) >= 11 is 3.43. The van der Waals surface area contributed by atoms with Crippen LogP contribution in [0, 0.1) is 0 Å². The molecule has 1 aromatic rings. The Kier molecular flexibility index (Phi) is 2.65. The molecule has 2 N–H and O–H groups in total. The minimum atomic E-state index is 0.0703. The molecule has 0 spiro atoms. The highest BCUT2D eigenvalue weighted by Gasteiger charge is 2.20. The summed E-state index contributed by atoms with van der Waals surface area (Å²) < 4.78 is 11.6. The van der Waals surface area contributed by atoms with Crippen molar-refractivity contribution in [2.45, 2.75) is 12.5 Å². The third-order valence-electron chi connectivity index (χ3n) is 2.37. The quantitative estimate of drug-likeness (QED) is 0.840. The van der Waals surface area contributed by atoms with Gasteiger partial charge in [0.2, 0.25) is 0 Å². The van der Waals surface area contributed by atoms with Crippen LogP contribution in [0.2, 0.25) is 0 Å². The largest absolute Gasteiger partial charge is 0.495 e. The van der Waals surface area contributed by atoms with E-state index in [1.54, 1.807) is 7.11 Å². The molecular formula is C10H12BrNO2. The molecule has 0 unspecified atom stereocenters. The molecule has 0 aliphatic carbocycles. The lowest BCUT2D eigenvalue weighted by Gasteiger charge is -2.23. The number of benzene rings is 1. The van der Waals surface area contributed by atoms with Gasteiger partial charge in [-0.2, -0.15) is 0 Å². The van der Waals surface area contributed by atoms with Gasteiger partial charge in [-0.25, -0.2) is 0 Å². The first kappa shape index (κ1) is 9.80. The molecule has 1 aliphatic heterocycles. The molecule has 0 aromatic heterocycles. The standard InChI is InChI=1S/C10H12BrNO2/c1-13-10-5-9-6(4-7(10)11)8(12)2-3-14-9/h4-5,8H,2-3,12H2,1H3/t8-/m0/s1. The van der Waals surface area contributed by atoms with Crippen LogP contribution in [0.15, 0.2) is 16.6 Å². The zero-order chi connectivity index (χ0) is 10.1. The minimum Gasteiger partial charge on any atom is -0.495 e. The van der Waals surface area contributed by atoms with E-state index in [2.05, 4.69) is 15.9 Å². The van der Waals surface area contributed by atoms with E-state index in [-0.39, 0.29) is 6.04 Å². The van der Waals surface area contributed by atoms with Crippen molar-refractivity contribution in [1.82, 2.24) is 0 Å². The number of methoxy groups -OCH3 is 1. The second kappa shape index (κ2) is 3.79. The van der Waals surface area contributed by atoms with Crippen molar-refractivity contribution in [3.05, 3.63) is 22.2 Å². The van der Waals surface area contributed by atoms with Gasteiger partial charge in [-0.3, -0.25) is 0 Å². The second-order valence-electron chi connectivity index (χ2n) is 3.27. The highest BCUT2D eigenvalue weighted by atomic mass is 79.9. The second-order valence-corrected chi connectivity index (χ2v) is 4.12. The molecular weight excluding hydrogens is 246 g/mol. The van der Waals surface area contributed by atoms with E-state index in [0.29, 0.717) is 6.61 Å². The molecule has 3 nitrogen and oxygen atoms in total. The predicted molar refractivity (Wildman–Crippen MR) is 57.7 cm³/mol. The lowest BCUT2D eigenvalue weighted by Crippen LogP contribution is -2.20. The number of halogens is 1. The first-order valence-corrected chi connectivity index (χ1v) is 5.27. The Morgan fingerprint density at radius 2 is 2.36 bits per heavy atom. The van der Waals surface area contributed by atoms with Crippen molar-refractivity contribution < 1.29 is 9.47 Å². The van der Waals surface area contributed by atoms with Crippen LogP contribution in [-0.4, -0.2) is 13.7 Å². The molecule has 0 saturated heterocycles. The Morgan fingerprint density at radius 3 is 3.07 bits per heavy atom. The van der Waals surface area contributed by atoms with Gasteiger partial charge < -0.3 is 15.2 Å². The van der Waals surface area contributed by atoms with Crippen LogP contribution in [0.1, 0.15) is 18.0 Å². The third kappa shape index (κ3) is 1.60. The van der Waals surface area contributed by atoms with Gasteiger partial charge in [0.05, 0.1) is 18.2 Å². The summed E-state index contributed by atoms with van der Waals surface area (Å²) in [4.78, 5) is 0. The molecule has 0 bridgehead atoms. The Morgan fingerprint density at radius 1 is 1.57 bits per heavy atom. The van der Waals surface area contributed by atoms with Crippen molar-refractivity contribution in [2.75, 3.05) is 13.7 Å². The van der Waals surface area contributed by atoms with Crippen LogP contribution in [0.4, 0.5) is 0 Å². The van der Waals surface area contributed by atoms with E-state index in [1.165, 1.54) is 0 Å². The number of nitrogens with two attached hydrogens (primary N) is 1. The number of rotatable bonds is 1. The molecule has 4 heteroatoms. The summed E-state index contributed by atoms with van der Waals surface area (Å²) in [7, 11) is 1.63. The van der Waals surface area contributed by atoms with Gasteiger partial charge in [-0.15, -0.1) is 0 Å². The van der Waals surface area contributed by atoms with Crippen LogP contribution in [0.5, 0.6) is 11.5 Å². The molecule has 0 amide bonds. The summed E-state index contributed by atoms with van der Waals surface area (Å²) in [5, 5.41) is 0. The average Bonchev–Trinajstić information content (AvgIpc) is 2.19. The minimum absolute atomic E-state index is 0.0703. The molecule has 1 heterocycles. The Hall–Kier alpha value is -0.740. The van der Waals surface area contributed by atoms with Gasteiger partial charge in [0.15, 0.2) is 0 Å². The Balaban J connectivity index is 2.48. The number of hydrogen-bond acceptors (Lipinski definition) is 3. The van der Waals surface area contributed by atoms with Gasteiger partial charge in [0.25, 0.3) is 0 Å². The zero-order valence-corrected chi connectivity index (χ0v) is 9.50. The molecule has 1 aromatic carbocycles. The monoisotopic (exact) mass is 257 g/mol. The summed E-state index contributed by atoms with van der Waals surface area (Å²) in [6, 6.07) is 3.91. The SMILES string of the molecule is COc1cc2c(cc1Br)[C@@H](N)CCO2. The van der Waals surface area contributed by atoms with E-state index in [0.717, 1.165) is 28.0 Å².